The van der Waals surface area contributed by atoms with Crippen LogP contribution >= 0.6 is 23.4 Å². The standard InChI is InChI=1S/C19H19ClFN3O2S/c1-13(25)14-2-4-17(16(21)10-14)23-6-8-24(9-7-23)19(26)12-27-18-5-3-15(20)11-22-18/h2-5,10-11H,6-9,12H2,1H3. The van der Waals surface area contributed by atoms with Crippen molar-refractivity contribution in [1.29, 1.82) is 0 Å². The van der Waals surface area contributed by atoms with E-state index in [0.717, 1.165) is 5.03 Å². The lowest BCUT2D eigenvalue weighted by Gasteiger charge is -2.36. The molecule has 27 heavy (non-hydrogen) atoms. The van der Waals surface area contributed by atoms with Crippen molar-refractivity contribution >= 4 is 40.7 Å². The van der Waals surface area contributed by atoms with E-state index in [9.17, 15) is 14.0 Å². The van der Waals surface area contributed by atoms with Crippen molar-refractivity contribution in [2.75, 3.05) is 36.8 Å². The number of carbonyl (C=O) groups is 2. The van der Waals surface area contributed by atoms with Gasteiger partial charge in [0.05, 0.1) is 21.5 Å². The van der Waals surface area contributed by atoms with Gasteiger partial charge in [0.25, 0.3) is 0 Å². The molecule has 3 rings (SSSR count). The first-order valence-electron chi connectivity index (χ1n) is 8.51. The Morgan fingerprint density at radius 3 is 2.52 bits per heavy atom. The minimum Gasteiger partial charge on any atom is -0.366 e. The first-order valence-corrected chi connectivity index (χ1v) is 9.88. The lowest BCUT2D eigenvalue weighted by molar-refractivity contribution is -0.128. The fourth-order valence-corrected chi connectivity index (χ4v) is 3.71. The molecular weight excluding hydrogens is 389 g/mol. The highest BCUT2D eigenvalue weighted by Gasteiger charge is 2.23. The fraction of sp³-hybridized carbons (Fsp3) is 0.316. The Kier molecular flexibility index (Phi) is 6.34. The van der Waals surface area contributed by atoms with Crippen LogP contribution in [0, 0.1) is 5.82 Å². The number of pyridine rings is 1. The largest absolute Gasteiger partial charge is 0.366 e. The van der Waals surface area contributed by atoms with Gasteiger partial charge >= 0.3 is 0 Å². The highest BCUT2D eigenvalue weighted by Crippen LogP contribution is 2.23. The number of piperazine rings is 1. The Hall–Kier alpha value is -2.12. The summed E-state index contributed by atoms with van der Waals surface area (Å²) in [6.45, 7) is 3.57. The number of aromatic nitrogens is 1. The maximum Gasteiger partial charge on any atom is 0.233 e. The number of carbonyl (C=O) groups excluding carboxylic acids is 2. The molecule has 142 valence electrons. The van der Waals surface area contributed by atoms with Crippen molar-refractivity contribution in [2.24, 2.45) is 0 Å². The van der Waals surface area contributed by atoms with E-state index in [2.05, 4.69) is 4.98 Å². The molecule has 2 aromatic rings. The number of amides is 1. The number of anilines is 1. The monoisotopic (exact) mass is 407 g/mol. The summed E-state index contributed by atoms with van der Waals surface area (Å²) in [7, 11) is 0. The predicted octanol–water partition coefficient (Wildman–Crippen LogP) is 3.52. The Bertz CT molecular complexity index is 839. The number of benzene rings is 1. The van der Waals surface area contributed by atoms with Gasteiger partial charge in [0, 0.05) is 37.9 Å². The number of rotatable bonds is 5. The van der Waals surface area contributed by atoms with Gasteiger partial charge in [-0.2, -0.15) is 0 Å². The first-order chi connectivity index (χ1) is 12.9. The summed E-state index contributed by atoms with van der Waals surface area (Å²) < 4.78 is 14.3. The molecule has 0 aliphatic carbocycles. The summed E-state index contributed by atoms with van der Waals surface area (Å²) in [5, 5.41) is 1.31. The van der Waals surface area contributed by atoms with E-state index in [0.29, 0.717) is 48.2 Å². The predicted molar refractivity (Wildman–Crippen MR) is 105 cm³/mol. The summed E-state index contributed by atoms with van der Waals surface area (Å²) in [5.74, 6) is -0.241. The van der Waals surface area contributed by atoms with Crippen LogP contribution < -0.4 is 4.90 Å². The second-order valence-corrected chi connectivity index (χ2v) is 7.63. The average Bonchev–Trinajstić information content (AvgIpc) is 2.67. The Morgan fingerprint density at radius 1 is 1.19 bits per heavy atom. The molecule has 0 unspecified atom stereocenters. The number of ketones is 1. The van der Waals surface area contributed by atoms with Crippen LogP contribution in [-0.2, 0) is 4.79 Å². The van der Waals surface area contributed by atoms with Crippen molar-refractivity contribution in [2.45, 2.75) is 11.9 Å². The molecular formula is C19H19ClFN3O2S. The summed E-state index contributed by atoms with van der Waals surface area (Å²) >= 11 is 7.17. The lowest BCUT2D eigenvalue weighted by Crippen LogP contribution is -2.49. The number of halogens is 2. The molecule has 0 saturated carbocycles. The maximum absolute atomic E-state index is 14.3. The van der Waals surface area contributed by atoms with Crippen LogP contribution in [-0.4, -0.2) is 53.5 Å². The number of hydrogen-bond acceptors (Lipinski definition) is 5. The van der Waals surface area contributed by atoms with E-state index in [1.54, 1.807) is 35.4 Å². The molecule has 1 aromatic carbocycles. The van der Waals surface area contributed by atoms with E-state index in [4.69, 9.17) is 11.6 Å². The molecule has 2 heterocycles. The van der Waals surface area contributed by atoms with Crippen molar-refractivity contribution in [3.63, 3.8) is 0 Å². The van der Waals surface area contributed by atoms with Gasteiger partial charge in [0.15, 0.2) is 5.78 Å². The minimum atomic E-state index is -0.410. The van der Waals surface area contributed by atoms with Crippen LogP contribution in [0.25, 0.3) is 0 Å². The minimum absolute atomic E-state index is 0.0313. The highest BCUT2D eigenvalue weighted by atomic mass is 35.5. The summed E-state index contributed by atoms with van der Waals surface area (Å²) in [5.41, 5.74) is 0.824. The molecule has 0 spiro atoms. The lowest BCUT2D eigenvalue weighted by atomic mass is 10.1. The molecule has 0 N–H and O–H groups in total. The van der Waals surface area contributed by atoms with Gasteiger partial charge < -0.3 is 9.80 Å². The van der Waals surface area contributed by atoms with Gasteiger partial charge in [-0.1, -0.05) is 23.4 Å². The second-order valence-electron chi connectivity index (χ2n) is 6.19. The molecule has 1 aliphatic rings. The normalized spacial score (nSPS) is 14.3. The number of thioether (sulfide) groups is 1. The smallest absolute Gasteiger partial charge is 0.233 e. The molecule has 1 aliphatic heterocycles. The Morgan fingerprint density at radius 2 is 1.93 bits per heavy atom. The number of nitrogens with zero attached hydrogens (tertiary/aromatic N) is 3. The van der Waals surface area contributed by atoms with Gasteiger partial charge in [-0.3, -0.25) is 9.59 Å². The molecule has 8 heteroatoms. The van der Waals surface area contributed by atoms with Crippen molar-refractivity contribution in [3.8, 4) is 0 Å². The molecule has 1 fully saturated rings. The van der Waals surface area contributed by atoms with Gasteiger partial charge in [0.2, 0.25) is 5.91 Å². The van der Waals surface area contributed by atoms with Crippen LogP contribution in [0.4, 0.5) is 10.1 Å². The zero-order chi connectivity index (χ0) is 19.4. The van der Waals surface area contributed by atoms with Gasteiger partial charge in [-0.05, 0) is 37.3 Å². The number of Topliss-reactive ketones (excluding diaryl/α,β-unsaturated/α-hetero) is 1. The second kappa shape index (κ2) is 8.71. The number of hydrogen-bond donors (Lipinski definition) is 0. The quantitative estimate of drug-likeness (QED) is 0.560. The van der Waals surface area contributed by atoms with Crippen LogP contribution in [0.5, 0.6) is 0 Å². The zero-order valence-electron chi connectivity index (χ0n) is 14.8. The molecule has 1 amide bonds. The van der Waals surface area contributed by atoms with E-state index >= 15 is 0 Å². The van der Waals surface area contributed by atoms with Crippen molar-refractivity contribution in [1.82, 2.24) is 9.88 Å². The third kappa shape index (κ3) is 4.99. The average molecular weight is 408 g/mol. The molecule has 5 nitrogen and oxygen atoms in total. The molecule has 0 atom stereocenters. The van der Waals surface area contributed by atoms with Crippen molar-refractivity contribution in [3.05, 3.63) is 52.9 Å². The maximum atomic E-state index is 14.3. The van der Waals surface area contributed by atoms with Crippen LogP contribution in [0.2, 0.25) is 5.02 Å². The van der Waals surface area contributed by atoms with Crippen molar-refractivity contribution < 1.29 is 14.0 Å². The van der Waals surface area contributed by atoms with E-state index < -0.39 is 5.82 Å². The van der Waals surface area contributed by atoms with Gasteiger partial charge in [-0.25, -0.2) is 9.37 Å². The Labute approximate surface area is 166 Å². The zero-order valence-corrected chi connectivity index (χ0v) is 16.4. The summed E-state index contributed by atoms with van der Waals surface area (Å²) in [4.78, 5) is 31.6. The topological polar surface area (TPSA) is 53.5 Å². The summed E-state index contributed by atoms with van der Waals surface area (Å²) in [6.07, 6.45) is 1.55. The summed E-state index contributed by atoms with van der Waals surface area (Å²) in [6, 6.07) is 8.06. The third-order valence-corrected chi connectivity index (χ3v) is 5.52. The van der Waals surface area contributed by atoms with Gasteiger partial charge in [-0.15, -0.1) is 0 Å². The molecule has 0 bridgehead atoms. The van der Waals surface area contributed by atoms with Gasteiger partial charge in [0.1, 0.15) is 5.82 Å². The van der Waals surface area contributed by atoms with E-state index in [1.807, 2.05) is 4.90 Å². The highest BCUT2D eigenvalue weighted by molar-refractivity contribution is 7.99. The van der Waals surface area contributed by atoms with Crippen LogP contribution in [0.15, 0.2) is 41.6 Å². The third-order valence-electron chi connectivity index (χ3n) is 4.37. The molecule has 1 aromatic heterocycles. The molecule has 0 radical (unpaired) electrons. The van der Waals surface area contributed by atoms with Crippen LogP contribution in [0.3, 0.4) is 0 Å². The van der Waals surface area contributed by atoms with E-state index in [1.165, 1.54) is 24.8 Å². The fourth-order valence-electron chi connectivity index (χ4n) is 2.85. The Balaban J connectivity index is 1.53. The first kappa shape index (κ1) is 19.6. The molecule has 1 saturated heterocycles. The SMILES string of the molecule is CC(=O)c1ccc(N2CCN(C(=O)CSc3ccc(Cl)cn3)CC2)c(F)c1. The van der Waals surface area contributed by atoms with E-state index in [-0.39, 0.29) is 11.7 Å². The van der Waals surface area contributed by atoms with Crippen LogP contribution in [0.1, 0.15) is 17.3 Å².